The molecule has 0 aliphatic heterocycles. The number of rotatable bonds is 3. The summed E-state index contributed by atoms with van der Waals surface area (Å²) in [6, 6.07) is 2.11. The highest BCUT2D eigenvalue weighted by Gasteiger charge is 2.13. The lowest BCUT2D eigenvalue weighted by molar-refractivity contribution is -0.384. The number of halogens is 1. The molecule has 0 atom stereocenters. The molecule has 5 N–H and O–H groups in total. The third kappa shape index (κ3) is 3.31. The molecule has 1 rings (SSSR count). The van der Waals surface area contributed by atoms with Gasteiger partial charge < -0.3 is 16.6 Å². The van der Waals surface area contributed by atoms with Crippen molar-refractivity contribution >= 4 is 29.5 Å². The molecule has 1 aromatic rings. The molecule has 0 heterocycles. The van der Waals surface area contributed by atoms with E-state index in [2.05, 4.69) is 10.2 Å². The first-order valence-corrected chi connectivity index (χ1v) is 4.58. The molecule has 8 nitrogen and oxygen atoms in total. The van der Waals surface area contributed by atoms with Gasteiger partial charge in [0, 0.05) is 17.7 Å². The maximum Gasteiger partial charge on any atom is 0.271 e. The van der Waals surface area contributed by atoms with E-state index >= 15 is 0 Å². The SMILES string of the molecule is NC(N)=N/N=C/c1cc([N+](=O)[O-])cc(Cl)c1O. The van der Waals surface area contributed by atoms with E-state index in [1.807, 2.05) is 0 Å². The van der Waals surface area contributed by atoms with Gasteiger partial charge in [0.15, 0.2) is 0 Å². The fraction of sp³-hybridized carbons (Fsp3) is 0. The zero-order valence-electron chi connectivity index (χ0n) is 8.37. The fourth-order valence-electron chi connectivity index (χ4n) is 0.967. The fourth-order valence-corrected chi connectivity index (χ4v) is 1.19. The summed E-state index contributed by atoms with van der Waals surface area (Å²) >= 11 is 5.60. The van der Waals surface area contributed by atoms with Gasteiger partial charge in [0.05, 0.1) is 16.2 Å². The number of guanidine groups is 1. The van der Waals surface area contributed by atoms with E-state index in [1.165, 1.54) is 0 Å². The van der Waals surface area contributed by atoms with E-state index in [0.717, 1.165) is 18.3 Å². The van der Waals surface area contributed by atoms with Crippen molar-refractivity contribution in [3.8, 4) is 5.75 Å². The van der Waals surface area contributed by atoms with E-state index in [4.69, 9.17) is 23.1 Å². The highest BCUT2D eigenvalue weighted by atomic mass is 35.5. The van der Waals surface area contributed by atoms with Crippen LogP contribution in [0.3, 0.4) is 0 Å². The smallest absolute Gasteiger partial charge is 0.271 e. The van der Waals surface area contributed by atoms with Crippen molar-refractivity contribution in [2.45, 2.75) is 0 Å². The number of non-ortho nitro benzene ring substituents is 1. The predicted molar refractivity (Wildman–Crippen MR) is 63.2 cm³/mol. The second kappa shape index (κ2) is 5.12. The molecule has 90 valence electrons. The Morgan fingerprint density at radius 3 is 2.71 bits per heavy atom. The summed E-state index contributed by atoms with van der Waals surface area (Å²) in [6.07, 6.45) is 1.05. The monoisotopic (exact) mass is 257 g/mol. The molecule has 0 spiro atoms. The van der Waals surface area contributed by atoms with Crippen molar-refractivity contribution in [1.29, 1.82) is 0 Å². The first kappa shape index (κ1) is 12.7. The van der Waals surface area contributed by atoms with Crippen LogP contribution in [0.1, 0.15) is 5.56 Å². The minimum Gasteiger partial charge on any atom is -0.506 e. The molecule has 0 aromatic heterocycles. The molecule has 0 fully saturated rings. The Morgan fingerprint density at radius 2 is 2.18 bits per heavy atom. The summed E-state index contributed by atoms with van der Waals surface area (Å²) < 4.78 is 0. The number of nitrogens with two attached hydrogens (primary N) is 2. The van der Waals surface area contributed by atoms with Crippen LogP contribution in [-0.4, -0.2) is 22.2 Å². The maximum atomic E-state index is 10.6. The third-order valence-corrected chi connectivity index (χ3v) is 1.95. The average molecular weight is 258 g/mol. The molecule has 0 saturated heterocycles. The molecule has 0 amide bonds. The lowest BCUT2D eigenvalue weighted by Crippen LogP contribution is -2.21. The van der Waals surface area contributed by atoms with Crippen LogP contribution in [0.4, 0.5) is 5.69 Å². The van der Waals surface area contributed by atoms with Crippen molar-refractivity contribution < 1.29 is 10.0 Å². The standard InChI is InChI=1S/C8H8ClN5O3/c9-6-2-5(14(16)17)1-4(7(6)15)3-12-13-8(10)11/h1-3,15H,(H4,10,11,13)/b12-3+. The first-order chi connectivity index (χ1) is 7.91. The molecule has 0 aliphatic rings. The van der Waals surface area contributed by atoms with Gasteiger partial charge >= 0.3 is 0 Å². The summed E-state index contributed by atoms with van der Waals surface area (Å²) in [5, 5.41) is 26.6. The highest BCUT2D eigenvalue weighted by molar-refractivity contribution is 6.32. The molecular weight excluding hydrogens is 250 g/mol. The van der Waals surface area contributed by atoms with Gasteiger partial charge in [-0.05, 0) is 0 Å². The largest absolute Gasteiger partial charge is 0.506 e. The Kier molecular flexibility index (Phi) is 3.83. The van der Waals surface area contributed by atoms with Crippen LogP contribution in [-0.2, 0) is 0 Å². The lowest BCUT2D eigenvalue weighted by atomic mass is 10.2. The van der Waals surface area contributed by atoms with Crippen LogP contribution in [0.2, 0.25) is 5.02 Å². The molecule has 0 saturated carbocycles. The van der Waals surface area contributed by atoms with Gasteiger partial charge in [-0.2, -0.15) is 5.10 Å². The first-order valence-electron chi connectivity index (χ1n) is 4.20. The lowest BCUT2D eigenvalue weighted by Gasteiger charge is -2.00. The Balaban J connectivity index is 3.19. The number of nitrogens with zero attached hydrogens (tertiary/aromatic N) is 3. The van der Waals surface area contributed by atoms with Crippen molar-refractivity contribution in [2.24, 2.45) is 21.7 Å². The Bertz CT molecular complexity index is 510. The second-order valence-corrected chi connectivity index (χ2v) is 3.30. The Morgan fingerprint density at radius 1 is 1.53 bits per heavy atom. The summed E-state index contributed by atoms with van der Waals surface area (Å²) in [5.74, 6) is -0.621. The molecule has 0 bridgehead atoms. The summed E-state index contributed by atoms with van der Waals surface area (Å²) in [6.45, 7) is 0. The number of hydrogen-bond donors (Lipinski definition) is 3. The molecule has 1 aromatic carbocycles. The third-order valence-electron chi connectivity index (χ3n) is 1.66. The zero-order chi connectivity index (χ0) is 13.0. The van der Waals surface area contributed by atoms with Gasteiger partial charge in [-0.25, -0.2) is 0 Å². The van der Waals surface area contributed by atoms with Gasteiger partial charge in [0.25, 0.3) is 5.69 Å². The molecule has 9 heteroatoms. The Hall–Kier alpha value is -2.35. The van der Waals surface area contributed by atoms with Crippen molar-refractivity contribution in [3.05, 3.63) is 32.8 Å². The van der Waals surface area contributed by atoms with Crippen molar-refractivity contribution in [2.75, 3.05) is 0 Å². The number of nitro groups is 1. The molecular formula is C8H8ClN5O3. The molecule has 17 heavy (non-hydrogen) atoms. The van der Waals surface area contributed by atoms with E-state index in [-0.39, 0.29) is 28.0 Å². The quantitative estimate of drug-likeness (QED) is 0.314. The van der Waals surface area contributed by atoms with Crippen molar-refractivity contribution in [3.63, 3.8) is 0 Å². The number of aromatic hydroxyl groups is 1. The van der Waals surface area contributed by atoms with Crippen LogP contribution in [0, 0.1) is 10.1 Å². The van der Waals surface area contributed by atoms with Crippen LogP contribution in [0.5, 0.6) is 5.75 Å². The van der Waals surface area contributed by atoms with Crippen LogP contribution in [0.15, 0.2) is 22.3 Å². The topological polar surface area (TPSA) is 140 Å². The average Bonchev–Trinajstić information content (AvgIpc) is 2.23. The van der Waals surface area contributed by atoms with E-state index in [1.54, 1.807) is 0 Å². The minimum absolute atomic E-state index is 0.0363. The van der Waals surface area contributed by atoms with Crippen molar-refractivity contribution in [1.82, 2.24) is 0 Å². The second-order valence-electron chi connectivity index (χ2n) is 2.89. The number of nitro benzene ring substituents is 1. The van der Waals surface area contributed by atoms with E-state index in [0.29, 0.717) is 0 Å². The molecule has 0 radical (unpaired) electrons. The van der Waals surface area contributed by atoms with Crippen LogP contribution >= 0.6 is 11.6 Å². The molecule has 0 aliphatic carbocycles. The number of phenols is 1. The van der Waals surface area contributed by atoms with Crippen LogP contribution < -0.4 is 11.5 Å². The zero-order valence-corrected chi connectivity index (χ0v) is 9.13. The molecule has 0 unspecified atom stereocenters. The van der Waals surface area contributed by atoms with E-state index in [9.17, 15) is 15.2 Å². The normalized spacial score (nSPS) is 10.4. The van der Waals surface area contributed by atoms with Crippen LogP contribution in [0.25, 0.3) is 0 Å². The minimum atomic E-state index is -0.650. The number of benzene rings is 1. The van der Waals surface area contributed by atoms with Gasteiger partial charge in [0.1, 0.15) is 5.75 Å². The Labute approximate surface area is 100 Å². The number of hydrogen-bond acceptors (Lipinski definition) is 5. The highest BCUT2D eigenvalue weighted by Crippen LogP contribution is 2.31. The van der Waals surface area contributed by atoms with E-state index < -0.39 is 4.92 Å². The summed E-state index contributed by atoms with van der Waals surface area (Å²) in [5.41, 5.74) is 9.80. The predicted octanol–water partition coefficient (Wildman–Crippen LogP) is 0.561. The van der Waals surface area contributed by atoms with Gasteiger partial charge in [-0.15, -0.1) is 5.10 Å². The number of phenolic OH excluding ortho intramolecular Hbond substituents is 1. The summed E-state index contributed by atoms with van der Waals surface area (Å²) in [4.78, 5) is 9.90. The summed E-state index contributed by atoms with van der Waals surface area (Å²) in [7, 11) is 0. The van der Waals surface area contributed by atoms with Gasteiger partial charge in [0.2, 0.25) is 5.96 Å². The van der Waals surface area contributed by atoms with Gasteiger partial charge in [-0.1, -0.05) is 11.6 Å². The van der Waals surface area contributed by atoms with Gasteiger partial charge in [-0.3, -0.25) is 10.1 Å². The maximum absolute atomic E-state index is 10.6.